The van der Waals surface area contributed by atoms with Crippen LogP contribution in [0.5, 0.6) is 17.2 Å². The molecule has 2 heterocycles. The van der Waals surface area contributed by atoms with Crippen LogP contribution in [0.25, 0.3) is 11.3 Å². The summed E-state index contributed by atoms with van der Waals surface area (Å²) < 4.78 is 43.0. The van der Waals surface area contributed by atoms with Crippen molar-refractivity contribution < 1.29 is 32.2 Å². The topological polar surface area (TPSA) is 128 Å². The molecule has 0 aliphatic rings. The van der Waals surface area contributed by atoms with Gasteiger partial charge in [0.2, 0.25) is 0 Å². The number of ether oxygens (including phenoxy) is 2. The average Bonchev–Trinajstić information content (AvgIpc) is 3.24. The molecular weight excluding hydrogens is 472 g/mol. The number of furan rings is 1. The Hall–Kier alpha value is -4.31. The predicted octanol–water partition coefficient (Wildman–Crippen LogP) is 4.06. The number of methoxy groups -OCH3 is 1. The van der Waals surface area contributed by atoms with Crippen LogP contribution in [-0.4, -0.2) is 31.5 Å². The predicted molar refractivity (Wildman–Crippen MR) is 127 cm³/mol. The first-order valence-corrected chi connectivity index (χ1v) is 11.9. The zero-order chi connectivity index (χ0) is 25.0. The van der Waals surface area contributed by atoms with Gasteiger partial charge in [0, 0.05) is 17.2 Å². The molecule has 35 heavy (non-hydrogen) atoms. The molecule has 0 saturated heterocycles. The minimum atomic E-state index is -4.02. The van der Waals surface area contributed by atoms with Gasteiger partial charge in [0.1, 0.15) is 35.3 Å². The lowest BCUT2D eigenvalue weighted by Crippen LogP contribution is -2.30. The van der Waals surface area contributed by atoms with E-state index in [9.17, 15) is 18.3 Å². The Morgan fingerprint density at radius 3 is 2.43 bits per heavy atom. The maximum atomic E-state index is 12.5. The van der Waals surface area contributed by atoms with Gasteiger partial charge in [-0.15, -0.1) is 0 Å². The second kappa shape index (κ2) is 9.90. The molecule has 4 aromatic rings. The molecule has 180 valence electrons. The van der Waals surface area contributed by atoms with E-state index in [1.807, 2.05) is 4.72 Å². The molecule has 0 bridgehead atoms. The fourth-order valence-corrected chi connectivity index (χ4v) is 4.22. The molecule has 0 radical (unpaired) electrons. The van der Waals surface area contributed by atoms with Crippen LogP contribution in [0.15, 0.2) is 82.2 Å². The van der Waals surface area contributed by atoms with E-state index in [0.29, 0.717) is 34.1 Å². The van der Waals surface area contributed by atoms with Crippen LogP contribution in [0.3, 0.4) is 0 Å². The van der Waals surface area contributed by atoms with Gasteiger partial charge in [-0.05, 0) is 49.4 Å². The van der Waals surface area contributed by atoms with Gasteiger partial charge in [-0.3, -0.25) is 4.79 Å². The molecule has 0 atom stereocenters. The number of benzene rings is 2. The third kappa shape index (κ3) is 5.44. The highest BCUT2D eigenvalue weighted by atomic mass is 32.2. The maximum absolute atomic E-state index is 12.5. The monoisotopic (exact) mass is 494 g/mol. The van der Waals surface area contributed by atoms with Gasteiger partial charge in [0.15, 0.2) is 5.76 Å². The number of sulfonamides is 1. The zero-order valence-electron chi connectivity index (χ0n) is 18.9. The van der Waals surface area contributed by atoms with E-state index < -0.39 is 15.9 Å². The SMILES string of the molecule is COc1cnc(-c2ccc(OCc3cc(C(=O)NS(=O)(=O)c4ccccc4)oc3C)cc2)c(O)c1. The van der Waals surface area contributed by atoms with Crippen molar-refractivity contribution in [3.8, 4) is 28.5 Å². The fourth-order valence-electron chi connectivity index (χ4n) is 3.24. The number of aromatic nitrogens is 1. The minimum absolute atomic E-state index is 0.00729. The first kappa shape index (κ1) is 23.8. The third-order valence-corrected chi connectivity index (χ3v) is 6.47. The number of hydrogen-bond donors (Lipinski definition) is 2. The molecule has 0 aliphatic heterocycles. The van der Waals surface area contributed by atoms with E-state index in [-0.39, 0.29) is 23.0 Å². The third-order valence-electron chi connectivity index (χ3n) is 5.13. The van der Waals surface area contributed by atoms with Crippen molar-refractivity contribution in [2.45, 2.75) is 18.4 Å². The molecule has 0 spiro atoms. The number of carbonyl (C=O) groups excluding carboxylic acids is 1. The summed E-state index contributed by atoms with van der Waals surface area (Å²) in [7, 11) is -2.53. The summed E-state index contributed by atoms with van der Waals surface area (Å²) in [4.78, 5) is 16.6. The second-order valence-electron chi connectivity index (χ2n) is 7.50. The van der Waals surface area contributed by atoms with Crippen LogP contribution < -0.4 is 14.2 Å². The zero-order valence-corrected chi connectivity index (χ0v) is 19.7. The number of rotatable bonds is 8. The normalized spacial score (nSPS) is 11.1. The summed E-state index contributed by atoms with van der Waals surface area (Å²) in [6.07, 6.45) is 1.51. The van der Waals surface area contributed by atoms with Crippen LogP contribution in [0.1, 0.15) is 21.9 Å². The van der Waals surface area contributed by atoms with Gasteiger partial charge in [-0.2, -0.15) is 0 Å². The largest absolute Gasteiger partial charge is 0.506 e. The van der Waals surface area contributed by atoms with Crippen molar-refractivity contribution in [1.29, 1.82) is 0 Å². The van der Waals surface area contributed by atoms with Gasteiger partial charge in [-0.1, -0.05) is 18.2 Å². The molecule has 4 rings (SSSR count). The average molecular weight is 495 g/mol. The molecule has 2 N–H and O–H groups in total. The number of aryl methyl sites for hydroxylation is 1. The lowest BCUT2D eigenvalue weighted by atomic mass is 10.1. The molecule has 9 nitrogen and oxygen atoms in total. The smallest absolute Gasteiger partial charge is 0.300 e. The van der Waals surface area contributed by atoms with E-state index in [4.69, 9.17) is 13.9 Å². The number of carbonyl (C=O) groups is 1. The minimum Gasteiger partial charge on any atom is -0.506 e. The van der Waals surface area contributed by atoms with E-state index in [0.717, 1.165) is 0 Å². The van der Waals surface area contributed by atoms with Gasteiger partial charge < -0.3 is 19.0 Å². The highest BCUT2D eigenvalue weighted by molar-refractivity contribution is 7.90. The quantitative estimate of drug-likeness (QED) is 0.375. The molecule has 0 unspecified atom stereocenters. The summed E-state index contributed by atoms with van der Waals surface area (Å²) >= 11 is 0. The Balaban J connectivity index is 1.41. The number of nitrogens with one attached hydrogen (secondary N) is 1. The van der Waals surface area contributed by atoms with Crippen LogP contribution in [0.4, 0.5) is 0 Å². The Morgan fingerprint density at radius 1 is 1.06 bits per heavy atom. The standard InChI is InChI=1S/C25H22N2O7S/c1-16-18(12-23(34-16)25(29)27-35(30,31)21-6-4-3-5-7-21)15-33-19-10-8-17(9-11-19)24-22(28)13-20(32-2)14-26-24/h3-14,28H,15H2,1-2H3,(H,27,29). The molecule has 2 aromatic carbocycles. The maximum Gasteiger partial charge on any atom is 0.300 e. The van der Waals surface area contributed by atoms with Crippen LogP contribution in [0, 0.1) is 6.92 Å². The van der Waals surface area contributed by atoms with Crippen molar-refractivity contribution in [3.05, 3.63) is 90.0 Å². The lowest BCUT2D eigenvalue weighted by Gasteiger charge is -2.08. The Labute approximate surface area is 202 Å². The number of aromatic hydroxyl groups is 1. The molecule has 1 amide bonds. The van der Waals surface area contributed by atoms with Crippen molar-refractivity contribution in [2.24, 2.45) is 0 Å². The summed E-state index contributed by atoms with van der Waals surface area (Å²) in [5.41, 5.74) is 1.69. The fraction of sp³-hybridized carbons (Fsp3) is 0.120. The summed E-state index contributed by atoms with van der Waals surface area (Å²) in [6.45, 7) is 1.75. The van der Waals surface area contributed by atoms with Crippen LogP contribution in [0.2, 0.25) is 0 Å². The van der Waals surface area contributed by atoms with Crippen molar-refractivity contribution >= 4 is 15.9 Å². The highest BCUT2D eigenvalue weighted by Gasteiger charge is 2.22. The Kier molecular flexibility index (Phi) is 6.74. The van der Waals surface area contributed by atoms with Crippen LogP contribution in [-0.2, 0) is 16.6 Å². The molecule has 0 fully saturated rings. The summed E-state index contributed by atoms with van der Waals surface area (Å²) in [5, 5.41) is 10.2. The van der Waals surface area contributed by atoms with Crippen molar-refractivity contribution in [1.82, 2.24) is 9.71 Å². The van der Waals surface area contributed by atoms with Crippen molar-refractivity contribution in [2.75, 3.05) is 7.11 Å². The van der Waals surface area contributed by atoms with Gasteiger partial charge in [0.05, 0.1) is 18.2 Å². The first-order valence-electron chi connectivity index (χ1n) is 10.4. The van der Waals surface area contributed by atoms with Gasteiger partial charge in [-0.25, -0.2) is 18.1 Å². The molecule has 10 heteroatoms. The number of pyridine rings is 1. The Morgan fingerprint density at radius 2 is 1.77 bits per heavy atom. The van der Waals surface area contributed by atoms with E-state index in [2.05, 4.69) is 4.98 Å². The van der Waals surface area contributed by atoms with E-state index in [1.54, 1.807) is 49.4 Å². The van der Waals surface area contributed by atoms with E-state index in [1.165, 1.54) is 37.6 Å². The summed E-state index contributed by atoms with van der Waals surface area (Å²) in [6, 6.07) is 17.4. The van der Waals surface area contributed by atoms with Crippen molar-refractivity contribution in [3.63, 3.8) is 0 Å². The van der Waals surface area contributed by atoms with Crippen LogP contribution >= 0.6 is 0 Å². The molecule has 0 saturated carbocycles. The second-order valence-corrected chi connectivity index (χ2v) is 9.18. The number of hydrogen-bond acceptors (Lipinski definition) is 8. The molecular formula is C25H22N2O7S. The Bertz CT molecular complexity index is 1450. The lowest BCUT2D eigenvalue weighted by molar-refractivity contribution is 0.0953. The van der Waals surface area contributed by atoms with E-state index >= 15 is 0 Å². The van der Waals surface area contributed by atoms with Gasteiger partial charge >= 0.3 is 5.91 Å². The summed E-state index contributed by atoms with van der Waals surface area (Å²) in [5.74, 6) is 0.395. The number of nitrogens with zero attached hydrogens (tertiary/aromatic N) is 1. The van der Waals surface area contributed by atoms with Gasteiger partial charge in [0.25, 0.3) is 10.0 Å². The highest BCUT2D eigenvalue weighted by Crippen LogP contribution is 2.31. The first-order chi connectivity index (χ1) is 16.8. The number of amides is 1. The molecule has 0 aliphatic carbocycles. The molecule has 2 aromatic heterocycles.